The Hall–Kier alpha value is -0.820. The van der Waals surface area contributed by atoms with E-state index in [0.717, 1.165) is 6.42 Å². The summed E-state index contributed by atoms with van der Waals surface area (Å²) in [4.78, 5) is 0. The second-order valence-corrected chi connectivity index (χ2v) is 2.68. The van der Waals surface area contributed by atoms with E-state index in [1.54, 1.807) is 6.08 Å². The number of aliphatic hydroxyl groups excluding tert-OH is 1. The van der Waals surface area contributed by atoms with Crippen LogP contribution in [0.3, 0.4) is 0 Å². The van der Waals surface area contributed by atoms with E-state index < -0.39 is 6.10 Å². The minimum absolute atomic E-state index is 0.513. The molecule has 0 saturated carbocycles. The van der Waals surface area contributed by atoms with Gasteiger partial charge in [-0.25, -0.2) is 0 Å². The van der Waals surface area contributed by atoms with E-state index in [4.69, 9.17) is 5.11 Å². The van der Waals surface area contributed by atoms with Gasteiger partial charge >= 0.3 is 0 Å². The van der Waals surface area contributed by atoms with Crippen molar-refractivity contribution in [1.82, 2.24) is 0 Å². The fourth-order valence-electron chi connectivity index (χ4n) is 0.753. The lowest BCUT2D eigenvalue weighted by atomic mass is 10.2. The minimum atomic E-state index is -0.513. The highest BCUT2D eigenvalue weighted by Gasteiger charge is 1.84. The van der Waals surface area contributed by atoms with Crippen molar-refractivity contribution >= 4 is 0 Å². The van der Waals surface area contributed by atoms with E-state index in [1.807, 2.05) is 12.2 Å². The third-order valence-corrected chi connectivity index (χ3v) is 1.52. The van der Waals surface area contributed by atoms with Gasteiger partial charge in [0.1, 0.15) is 0 Å². The van der Waals surface area contributed by atoms with Gasteiger partial charge in [0.25, 0.3) is 0 Å². The smallest absolute Gasteiger partial charge is 0.0903 e. The summed E-state index contributed by atoms with van der Waals surface area (Å²) < 4.78 is 0. The Morgan fingerprint density at radius 1 is 1.42 bits per heavy atom. The number of aliphatic hydroxyl groups is 1. The van der Waals surface area contributed by atoms with Crippen LogP contribution >= 0.6 is 0 Å². The first-order valence-electron chi connectivity index (χ1n) is 4.45. The highest BCUT2D eigenvalue weighted by Crippen LogP contribution is 1.95. The summed E-state index contributed by atoms with van der Waals surface area (Å²) in [5, 5.41) is 9.02. The molecular weight excluding hydrogens is 148 g/mol. The molecule has 1 N–H and O–H groups in total. The summed E-state index contributed by atoms with van der Waals surface area (Å²) in [5.74, 6) is 0. The molecule has 0 aromatic carbocycles. The number of allylic oxidation sites excluding steroid dienone is 3. The Balaban J connectivity index is 3.44. The first-order chi connectivity index (χ1) is 5.81. The van der Waals surface area contributed by atoms with Gasteiger partial charge in [0.05, 0.1) is 6.10 Å². The third kappa shape index (κ3) is 7.29. The van der Waals surface area contributed by atoms with Crippen LogP contribution in [-0.4, -0.2) is 11.2 Å². The maximum absolute atomic E-state index is 9.02. The zero-order valence-corrected chi connectivity index (χ0v) is 7.74. The average molecular weight is 166 g/mol. The molecule has 0 fully saturated rings. The number of rotatable bonds is 6. The molecule has 0 aromatic heterocycles. The van der Waals surface area contributed by atoms with E-state index in [2.05, 4.69) is 19.6 Å². The molecule has 0 aliphatic heterocycles. The van der Waals surface area contributed by atoms with Crippen LogP contribution < -0.4 is 0 Å². The van der Waals surface area contributed by atoms with Gasteiger partial charge in [-0.3, -0.25) is 0 Å². The predicted molar refractivity (Wildman–Crippen MR) is 54.0 cm³/mol. The van der Waals surface area contributed by atoms with Crippen molar-refractivity contribution in [3.63, 3.8) is 0 Å². The highest BCUT2D eigenvalue weighted by atomic mass is 16.3. The molecule has 0 aliphatic rings. The van der Waals surface area contributed by atoms with Crippen molar-refractivity contribution in [1.29, 1.82) is 0 Å². The Morgan fingerprint density at radius 2 is 2.17 bits per heavy atom. The van der Waals surface area contributed by atoms with Crippen molar-refractivity contribution in [2.24, 2.45) is 0 Å². The van der Waals surface area contributed by atoms with Crippen LogP contribution in [0.5, 0.6) is 0 Å². The molecule has 12 heavy (non-hydrogen) atoms. The van der Waals surface area contributed by atoms with Crippen molar-refractivity contribution in [2.45, 2.75) is 32.3 Å². The highest BCUT2D eigenvalue weighted by molar-refractivity contribution is 5.07. The molecule has 1 nitrogen and oxygen atoms in total. The van der Waals surface area contributed by atoms with Gasteiger partial charge in [-0.1, -0.05) is 50.1 Å². The van der Waals surface area contributed by atoms with Crippen LogP contribution in [0, 0.1) is 0 Å². The summed E-state index contributed by atoms with van der Waals surface area (Å²) in [6.45, 7) is 5.64. The average Bonchev–Trinajstić information content (AvgIpc) is 2.10. The molecule has 0 aliphatic carbocycles. The van der Waals surface area contributed by atoms with E-state index in [0.29, 0.717) is 0 Å². The molecule has 1 unspecified atom stereocenters. The molecule has 0 rings (SSSR count). The number of hydrogen-bond donors (Lipinski definition) is 1. The van der Waals surface area contributed by atoms with E-state index in [9.17, 15) is 0 Å². The second-order valence-electron chi connectivity index (χ2n) is 2.68. The third-order valence-electron chi connectivity index (χ3n) is 1.52. The second kappa shape index (κ2) is 8.28. The van der Waals surface area contributed by atoms with Crippen molar-refractivity contribution in [2.75, 3.05) is 0 Å². The van der Waals surface area contributed by atoms with Crippen molar-refractivity contribution < 1.29 is 5.11 Å². The molecule has 0 radical (unpaired) electrons. The van der Waals surface area contributed by atoms with Gasteiger partial charge in [-0.05, 0) is 6.42 Å². The topological polar surface area (TPSA) is 20.2 Å². The van der Waals surface area contributed by atoms with Crippen LogP contribution in [0.25, 0.3) is 0 Å². The Labute approximate surface area is 75.1 Å². The SMILES string of the molecule is C=CC(O)C=CC=CCCCC. The van der Waals surface area contributed by atoms with Crippen molar-refractivity contribution in [3.8, 4) is 0 Å². The molecule has 0 amide bonds. The van der Waals surface area contributed by atoms with Gasteiger partial charge in [0.2, 0.25) is 0 Å². The fraction of sp³-hybridized carbons (Fsp3) is 0.455. The summed E-state index contributed by atoms with van der Waals surface area (Å²) in [6.07, 6.45) is 12.2. The summed E-state index contributed by atoms with van der Waals surface area (Å²) >= 11 is 0. The quantitative estimate of drug-likeness (QED) is 0.365. The molecule has 0 aromatic rings. The molecule has 1 atom stereocenters. The van der Waals surface area contributed by atoms with Crippen LogP contribution in [0.15, 0.2) is 37.0 Å². The van der Waals surface area contributed by atoms with Gasteiger partial charge in [-0.15, -0.1) is 6.58 Å². The van der Waals surface area contributed by atoms with Crippen LogP contribution in [-0.2, 0) is 0 Å². The fourth-order valence-corrected chi connectivity index (χ4v) is 0.753. The lowest BCUT2D eigenvalue weighted by Gasteiger charge is -1.92. The molecule has 0 heterocycles. The van der Waals surface area contributed by atoms with Crippen molar-refractivity contribution in [3.05, 3.63) is 37.0 Å². The standard InChI is InChI=1S/C11H18O/c1-3-5-6-7-8-9-10-11(12)4-2/h4,7-12H,2-3,5-6H2,1H3. The summed E-state index contributed by atoms with van der Waals surface area (Å²) in [7, 11) is 0. The van der Waals surface area contributed by atoms with Gasteiger partial charge < -0.3 is 5.11 Å². The molecular formula is C11H18O. The predicted octanol–water partition coefficient (Wildman–Crippen LogP) is 2.84. The van der Waals surface area contributed by atoms with Gasteiger partial charge in [0.15, 0.2) is 0 Å². The Bertz CT molecular complexity index is 156. The Morgan fingerprint density at radius 3 is 2.75 bits per heavy atom. The molecule has 0 saturated heterocycles. The van der Waals surface area contributed by atoms with Gasteiger partial charge in [0, 0.05) is 0 Å². The largest absolute Gasteiger partial charge is 0.385 e. The monoisotopic (exact) mass is 166 g/mol. The van der Waals surface area contributed by atoms with Crippen LogP contribution in [0.1, 0.15) is 26.2 Å². The first-order valence-corrected chi connectivity index (χ1v) is 4.45. The minimum Gasteiger partial charge on any atom is -0.385 e. The van der Waals surface area contributed by atoms with Crippen LogP contribution in [0.4, 0.5) is 0 Å². The number of hydrogen-bond acceptors (Lipinski definition) is 1. The summed E-state index contributed by atoms with van der Waals surface area (Å²) in [6, 6.07) is 0. The molecule has 0 bridgehead atoms. The molecule has 1 heteroatoms. The lowest BCUT2D eigenvalue weighted by molar-refractivity contribution is 0.272. The van der Waals surface area contributed by atoms with E-state index >= 15 is 0 Å². The first kappa shape index (κ1) is 11.2. The molecule has 68 valence electrons. The van der Waals surface area contributed by atoms with Crippen LogP contribution in [0.2, 0.25) is 0 Å². The maximum atomic E-state index is 9.02. The van der Waals surface area contributed by atoms with E-state index in [1.165, 1.54) is 18.9 Å². The van der Waals surface area contributed by atoms with E-state index in [-0.39, 0.29) is 0 Å². The maximum Gasteiger partial charge on any atom is 0.0903 e. The lowest BCUT2D eigenvalue weighted by Crippen LogP contribution is -1.93. The zero-order chi connectivity index (χ0) is 9.23. The molecule has 0 spiro atoms. The number of unbranched alkanes of at least 4 members (excludes halogenated alkanes) is 2. The van der Waals surface area contributed by atoms with Gasteiger partial charge in [-0.2, -0.15) is 0 Å². The summed E-state index contributed by atoms with van der Waals surface area (Å²) in [5.41, 5.74) is 0. The zero-order valence-electron chi connectivity index (χ0n) is 7.74. The Kier molecular flexibility index (Phi) is 7.71. The normalized spacial score (nSPS) is 14.2.